The van der Waals surface area contributed by atoms with E-state index >= 15 is 0 Å². The van der Waals surface area contributed by atoms with E-state index in [1.165, 1.54) is 26.3 Å². The molecule has 1 aromatic heterocycles. The second-order valence-electron chi connectivity index (χ2n) is 7.59. The molecular weight excluding hydrogens is 400 g/mol. The third kappa shape index (κ3) is 5.87. The van der Waals surface area contributed by atoms with Crippen LogP contribution < -0.4 is 14.8 Å². The number of pyridine rings is 1. The van der Waals surface area contributed by atoms with Crippen molar-refractivity contribution in [3.05, 3.63) is 47.8 Å². The third-order valence-corrected chi connectivity index (χ3v) is 5.05. The van der Waals surface area contributed by atoms with Crippen molar-refractivity contribution >= 4 is 11.9 Å². The van der Waals surface area contributed by atoms with Crippen LogP contribution in [0.1, 0.15) is 49.7 Å². The smallest absolute Gasteiger partial charge is 0.328 e. The minimum atomic E-state index is -0.939. The van der Waals surface area contributed by atoms with Gasteiger partial charge in [0.1, 0.15) is 17.9 Å². The van der Waals surface area contributed by atoms with E-state index in [1.54, 1.807) is 7.11 Å². The maximum atomic E-state index is 12.6. The summed E-state index contributed by atoms with van der Waals surface area (Å²) in [5.74, 6) is -0.645. The average molecular weight is 431 g/mol. The number of ether oxygens (including phenoxy) is 3. The van der Waals surface area contributed by atoms with Crippen LogP contribution in [-0.2, 0) is 9.53 Å². The van der Waals surface area contributed by atoms with Crippen LogP contribution in [0.15, 0.2) is 36.5 Å². The lowest BCUT2D eigenvalue weighted by Crippen LogP contribution is -2.42. The number of nitrogens with one attached hydrogen (secondary N) is 1. The highest BCUT2D eigenvalue weighted by atomic mass is 16.5. The van der Waals surface area contributed by atoms with E-state index in [2.05, 4.69) is 24.1 Å². The van der Waals surface area contributed by atoms with Crippen LogP contribution in [0, 0.1) is 5.92 Å². The lowest BCUT2D eigenvalue weighted by molar-refractivity contribution is -0.151. The summed E-state index contributed by atoms with van der Waals surface area (Å²) < 4.78 is 15.8. The first-order chi connectivity index (χ1) is 14.7. The van der Waals surface area contributed by atoms with Gasteiger partial charge in [0.25, 0.3) is 5.91 Å². The lowest BCUT2D eigenvalue weighted by Gasteiger charge is -2.29. The van der Waals surface area contributed by atoms with Crippen LogP contribution in [0.25, 0.3) is 0 Å². The number of rotatable bonds is 9. The van der Waals surface area contributed by atoms with Crippen LogP contribution in [0.3, 0.4) is 0 Å². The largest absolute Gasteiger partial charge is 0.503 e. The number of nitrogens with zero attached hydrogens (tertiary/aromatic N) is 1. The molecule has 31 heavy (non-hydrogen) atoms. The zero-order chi connectivity index (χ0) is 23.1. The van der Waals surface area contributed by atoms with E-state index in [1.807, 2.05) is 31.2 Å². The number of carbonyl (C=O) groups excluding carboxylic acids is 2. The average Bonchev–Trinajstić information content (AvgIpc) is 2.74. The fourth-order valence-electron chi connectivity index (χ4n) is 3.47. The van der Waals surface area contributed by atoms with Crippen LogP contribution in [-0.4, -0.2) is 48.3 Å². The molecule has 0 aliphatic rings. The molecule has 8 nitrogen and oxygen atoms in total. The molecule has 0 aliphatic heterocycles. The van der Waals surface area contributed by atoms with E-state index in [-0.39, 0.29) is 23.3 Å². The molecule has 0 radical (unpaired) electrons. The molecule has 3 atom stereocenters. The predicted molar refractivity (Wildman–Crippen MR) is 116 cm³/mol. The standard InChI is InChI=1S/C23H30N2O6/c1-13(2)19(16-7-9-17(29-5)10-8-16)15(4)31-23(28)14(3)25-22(27)20-21(26)18(30-6)11-12-24-20/h7-15,19,26H,1-6H3,(H,25,27)/t14-,15-,19+/m0/s1. The van der Waals surface area contributed by atoms with Gasteiger partial charge in [0, 0.05) is 18.2 Å². The van der Waals surface area contributed by atoms with Crippen LogP contribution >= 0.6 is 0 Å². The summed E-state index contributed by atoms with van der Waals surface area (Å²) in [5.41, 5.74) is 0.795. The first-order valence-electron chi connectivity index (χ1n) is 10.1. The van der Waals surface area contributed by atoms with Gasteiger partial charge in [-0.15, -0.1) is 0 Å². The van der Waals surface area contributed by atoms with Gasteiger partial charge < -0.3 is 24.6 Å². The zero-order valence-corrected chi connectivity index (χ0v) is 18.7. The number of methoxy groups -OCH3 is 2. The molecule has 0 unspecified atom stereocenters. The third-order valence-electron chi connectivity index (χ3n) is 5.05. The van der Waals surface area contributed by atoms with Crippen molar-refractivity contribution in [2.75, 3.05) is 14.2 Å². The van der Waals surface area contributed by atoms with Gasteiger partial charge in [0.05, 0.1) is 14.2 Å². The summed E-state index contributed by atoms with van der Waals surface area (Å²) in [6, 6.07) is 8.14. The molecule has 168 valence electrons. The highest BCUT2D eigenvalue weighted by Crippen LogP contribution is 2.31. The van der Waals surface area contributed by atoms with Crippen molar-refractivity contribution in [3.8, 4) is 17.2 Å². The summed E-state index contributed by atoms with van der Waals surface area (Å²) >= 11 is 0. The number of aromatic hydroxyl groups is 1. The van der Waals surface area contributed by atoms with Crippen molar-refractivity contribution in [1.29, 1.82) is 0 Å². The minimum Gasteiger partial charge on any atom is -0.503 e. The van der Waals surface area contributed by atoms with Crippen molar-refractivity contribution < 1.29 is 28.9 Å². The highest BCUT2D eigenvalue weighted by Gasteiger charge is 2.29. The molecule has 0 spiro atoms. The summed E-state index contributed by atoms with van der Waals surface area (Å²) in [6.45, 7) is 7.46. The maximum Gasteiger partial charge on any atom is 0.328 e. The topological polar surface area (TPSA) is 107 Å². The van der Waals surface area contributed by atoms with Gasteiger partial charge in [-0.1, -0.05) is 26.0 Å². The summed E-state index contributed by atoms with van der Waals surface area (Å²) in [7, 11) is 2.97. The Labute approximate surface area is 182 Å². The molecular formula is C23H30N2O6. The van der Waals surface area contributed by atoms with E-state index in [0.29, 0.717) is 0 Å². The minimum absolute atomic E-state index is 0.0400. The van der Waals surface area contributed by atoms with Crippen LogP contribution in [0.5, 0.6) is 17.2 Å². The van der Waals surface area contributed by atoms with E-state index in [4.69, 9.17) is 14.2 Å². The molecule has 0 saturated heterocycles. The first-order valence-corrected chi connectivity index (χ1v) is 10.1. The molecule has 8 heteroatoms. The molecule has 2 N–H and O–H groups in total. The number of amides is 1. The fourth-order valence-corrected chi connectivity index (χ4v) is 3.47. The Balaban J connectivity index is 2.07. The fraction of sp³-hybridized carbons (Fsp3) is 0.435. The number of hydrogen-bond donors (Lipinski definition) is 2. The zero-order valence-electron chi connectivity index (χ0n) is 18.7. The molecule has 1 heterocycles. The maximum absolute atomic E-state index is 12.6. The first kappa shape index (κ1) is 24.0. The predicted octanol–water partition coefficient (Wildman–Crippen LogP) is 3.29. The molecule has 0 bridgehead atoms. The van der Waals surface area contributed by atoms with Gasteiger partial charge in [0.2, 0.25) is 0 Å². The summed E-state index contributed by atoms with van der Waals surface area (Å²) in [5, 5.41) is 12.6. The summed E-state index contributed by atoms with van der Waals surface area (Å²) in [6.07, 6.45) is 0.907. The van der Waals surface area contributed by atoms with E-state index in [9.17, 15) is 14.7 Å². The molecule has 2 rings (SSSR count). The van der Waals surface area contributed by atoms with Crippen molar-refractivity contribution in [1.82, 2.24) is 10.3 Å². The van der Waals surface area contributed by atoms with Crippen LogP contribution in [0.2, 0.25) is 0 Å². The molecule has 2 aromatic rings. The summed E-state index contributed by atoms with van der Waals surface area (Å²) in [4.78, 5) is 28.9. The van der Waals surface area contributed by atoms with Crippen LogP contribution in [0.4, 0.5) is 0 Å². The quantitative estimate of drug-likeness (QED) is 0.588. The van der Waals surface area contributed by atoms with E-state index in [0.717, 1.165) is 11.3 Å². The van der Waals surface area contributed by atoms with Gasteiger partial charge in [-0.2, -0.15) is 0 Å². The molecule has 0 aliphatic carbocycles. The number of aromatic nitrogens is 1. The highest BCUT2D eigenvalue weighted by molar-refractivity contribution is 5.97. The Kier molecular flexibility index (Phi) is 8.24. The SMILES string of the molecule is COc1ccc([C@H](C(C)C)[C@H](C)OC(=O)[C@H](C)NC(=O)c2nccc(OC)c2O)cc1. The van der Waals surface area contributed by atoms with Gasteiger partial charge in [-0.25, -0.2) is 9.78 Å². The number of benzene rings is 1. The second-order valence-corrected chi connectivity index (χ2v) is 7.59. The van der Waals surface area contributed by atoms with Gasteiger partial charge >= 0.3 is 5.97 Å². The Morgan fingerprint density at radius 2 is 1.65 bits per heavy atom. The van der Waals surface area contributed by atoms with E-state index < -0.39 is 29.8 Å². The Morgan fingerprint density at radius 3 is 2.19 bits per heavy atom. The molecule has 0 saturated carbocycles. The Hall–Kier alpha value is -3.29. The molecule has 1 amide bonds. The normalized spacial score (nSPS) is 13.8. The Bertz CT molecular complexity index is 897. The Morgan fingerprint density at radius 1 is 1.00 bits per heavy atom. The van der Waals surface area contributed by atoms with Crippen molar-refractivity contribution in [2.24, 2.45) is 5.92 Å². The number of carbonyl (C=O) groups is 2. The lowest BCUT2D eigenvalue weighted by atomic mass is 9.84. The van der Waals surface area contributed by atoms with Gasteiger partial charge in [0.15, 0.2) is 17.2 Å². The number of esters is 1. The van der Waals surface area contributed by atoms with Gasteiger partial charge in [-0.3, -0.25) is 4.79 Å². The van der Waals surface area contributed by atoms with Gasteiger partial charge in [-0.05, 0) is 37.5 Å². The second kappa shape index (κ2) is 10.7. The molecule has 0 fully saturated rings. The van der Waals surface area contributed by atoms with Crippen molar-refractivity contribution in [3.63, 3.8) is 0 Å². The van der Waals surface area contributed by atoms with Crippen molar-refractivity contribution in [2.45, 2.75) is 45.8 Å². The monoisotopic (exact) mass is 430 g/mol. The number of hydrogen-bond acceptors (Lipinski definition) is 7. The molecule has 1 aromatic carbocycles.